The molecule has 0 aromatic heterocycles. The van der Waals surface area contributed by atoms with Gasteiger partial charge in [-0.3, -0.25) is 4.90 Å². The molecule has 0 saturated carbocycles. The topological polar surface area (TPSA) is 24.5 Å². The van der Waals surface area contributed by atoms with E-state index in [4.69, 9.17) is 4.74 Å². The highest BCUT2D eigenvalue weighted by atomic mass is 35.5. The Bertz CT molecular complexity index is 401. The van der Waals surface area contributed by atoms with Crippen LogP contribution < -0.4 is 5.32 Å². The minimum atomic E-state index is -0.0872. The van der Waals surface area contributed by atoms with Crippen LogP contribution in [0.2, 0.25) is 0 Å². The van der Waals surface area contributed by atoms with Crippen LogP contribution in [0.1, 0.15) is 18.4 Å². The predicted molar refractivity (Wildman–Crippen MR) is 93.6 cm³/mol. The molecule has 1 aliphatic heterocycles. The molecule has 1 saturated heterocycles. The molecule has 3 nitrogen and oxygen atoms in total. The van der Waals surface area contributed by atoms with Gasteiger partial charge in [0.2, 0.25) is 0 Å². The highest BCUT2D eigenvalue weighted by Gasteiger charge is 2.19. The zero-order valence-corrected chi connectivity index (χ0v) is 14.7. The Labute approximate surface area is 145 Å². The average Bonchev–Trinajstić information content (AvgIpc) is 2.48. The van der Waals surface area contributed by atoms with Gasteiger partial charge in [-0.15, -0.1) is 24.8 Å². The van der Waals surface area contributed by atoms with Crippen LogP contribution in [0, 0.1) is 11.7 Å². The number of halogens is 3. The molecule has 0 aliphatic carbocycles. The number of methoxy groups -OCH3 is 1. The predicted octanol–water partition coefficient (Wildman–Crippen LogP) is 3.12. The summed E-state index contributed by atoms with van der Waals surface area (Å²) < 4.78 is 18.6. The summed E-state index contributed by atoms with van der Waals surface area (Å²) in [6.07, 6.45) is 2.38. The van der Waals surface area contributed by atoms with Crippen molar-refractivity contribution >= 4 is 24.8 Å². The van der Waals surface area contributed by atoms with Crippen molar-refractivity contribution in [2.45, 2.75) is 19.4 Å². The summed E-state index contributed by atoms with van der Waals surface area (Å²) in [7, 11) is 1.73. The molecule has 1 aromatic rings. The molecule has 0 radical (unpaired) electrons. The lowest BCUT2D eigenvalue weighted by Gasteiger charge is -2.32. The van der Waals surface area contributed by atoms with E-state index in [2.05, 4.69) is 10.2 Å². The van der Waals surface area contributed by atoms with E-state index in [9.17, 15) is 4.39 Å². The largest absolute Gasteiger partial charge is 0.383 e. The van der Waals surface area contributed by atoms with E-state index in [1.165, 1.54) is 12.8 Å². The van der Waals surface area contributed by atoms with Crippen molar-refractivity contribution in [2.24, 2.45) is 5.92 Å². The third-order valence-electron chi connectivity index (χ3n) is 3.97. The molecule has 0 bridgehead atoms. The van der Waals surface area contributed by atoms with Crippen molar-refractivity contribution in [1.29, 1.82) is 0 Å². The van der Waals surface area contributed by atoms with Gasteiger partial charge in [0.25, 0.3) is 0 Å². The maximum atomic E-state index is 13.6. The van der Waals surface area contributed by atoms with Gasteiger partial charge in [0.05, 0.1) is 6.61 Å². The smallest absolute Gasteiger partial charge is 0.127 e. The first-order valence-electron chi connectivity index (χ1n) is 7.45. The third-order valence-corrected chi connectivity index (χ3v) is 3.97. The Morgan fingerprint density at radius 3 is 2.55 bits per heavy atom. The zero-order chi connectivity index (χ0) is 14.2. The molecule has 2 rings (SSSR count). The molecule has 6 heteroatoms. The lowest BCUT2D eigenvalue weighted by molar-refractivity contribution is 0.167. The highest BCUT2D eigenvalue weighted by Crippen LogP contribution is 2.19. The van der Waals surface area contributed by atoms with Gasteiger partial charge >= 0.3 is 0 Å². The van der Waals surface area contributed by atoms with Crippen LogP contribution in [0.15, 0.2) is 24.3 Å². The molecule has 0 unspecified atom stereocenters. The number of hydrogen-bond acceptors (Lipinski definition) is 3. The van der Waals surface area contributed by atoms with Crippen molar-refractivity contribution in [2.75, 3.05) is 39.9 Å². The first kappa shape index (κ1) is 21.6. The second-order valence-corrected chi connectivity index (χ2v) is 5.51. The Kier molecular flexibility index (Phi) is 11.9. The second-order valence-electron chi connectivity index (χ2n) is 5.51. The highest BCUT2D eigenvalue weighted by molar-refractivity contribution is 5.85. The number of likely N-dealkylation sites (tertiary alicyclic amines) is 1. The van der Waals surface area contributed by atoms with Gasteiger partial charge in [-0.25, -0.2) is 4.39 Å². The average molecular weight is 353 g/mol. The lowest BCUT2D eigenvalue weighted by atomic mass is 9.96. The summed E-state index contributed by atoms with van der Waals surface area (Å²) in [6.45, 7) is 5.61. The zero-order valence-electron chi connectivity index (χ0n) is 13.1. The summed E-state index contributed by atoms with van der Waals surface area (Å²) in [5, 5.41) is 3.43. The van der Waals surface area contributed by atoms with Crippen LogP contribution in [-0.2, 0) is 11.3 Å². The maximum Gasteiger partial charge on any atom is 0.127 e. The summed E-state index contributed by atoms with van der Waals surface area (Å²) >= 11 is 0. The molecule has 1 fully saturated rings. The monoisotopic (exact) mass is 352 g/mol. The molecule has 1 aromatic carbocycles. The minimum absolute atomic E-state index is 0. The van der Waals surface area contributed by atoms with Gasteiger partial charge in [-0.2, -0.15) is 0 Å². The van der Waals surface area contributed by atoms with E-state index in [-0.39, 0.29) is 30.6 Å². The van der Waals surface area contributed by atoms with Gasteiger partial charge in [0.15, 0.2) is 0 Å². The van der Waals surface area contributed by atoms with Gasteiger partial charge in [0.1, 0.15) is 5.82 Å². The number of benzene rings is 1. The van der Waals surface area contributed by atoms with E-state index in [0.717, 1.165) is 50.8 Å². The summed E-state index contributed by atoms with van der Waals surface area (Å²) in [6, 6.07) is 7.08. The van der Waals surface area contributed by atoms with Gasteiger partial charge in [0, 0.05) is 25.8 Å². The number of nitrogens with one attached hydrogen (secondary N) is 1. The molecule has 1 heterocycles. The SMILES string of the molecule is COCCNCC1CCN(Cc2ccccc2F)CC1.Cl.Cl. The molecule has 0 amide bonds. The number of rotatable bonds is 7. The normalized spacial score (nSPS) is 15.9. The maximum absolute atomic E-state index is 13.6. The van der Waals surface area contributed by atoms with Crippen LogP contribution in [0.4, 0.5) is 4.39 Å². The van der Waals surface area contributed by atoms with Crippen molar-refractivity contribution in [3.05, 3.63) is 35.6 Å². The van der Waals surface area contributed by atoms with Crippen LogP contribution in [0.25, 0.3) is 0 Å². The quantitative estimate of drug-likeness (QED) is 0.763. The first-order valence-corrected chi connectivity index (χ1v) is 7.45. The van der Waals surface area contributed by atoms with E-state index < -0.39 is 0 Å². The number of nitrogens with zero attached hydrogens (tertiary/aromatic N) is 1. The van der Waals surface area contributed by atoms with Crippen LogP contribution in [0.5, 0.6) is 0 Å². The van der Waals surface area contributed by atoms with Gasteiger partial charge < -0.3 is 10.1 Å². The molecular weight excluding hydrogens is 326 g/mol. The van der Waals surface area contributed by atoms with Gasteiger partial charge in [-0.1, -0.05) is 18.2 Å². The third kappa shape index (κ3) is 7.25. The Balaban J connectivity index is 0.00000220. The fraction of sp³-hybridized carbons (Fsp3) is 0.625. The molecule has 1 aliphatic rings. The van der Waals surface area contributed by atoms with E-state index in [0.29, 0.717) is 0 Å². The van der Waals surface area contributed by atoms with Crippen molar-refractivity contribution < 1.29 is 9.13 Å². The fourth-order valence-electron chi connectivity index (χ4n) is 2.70. The Morgan fingerprint density at radius 2 is 1.91 bits per heavy atom. The van der Waals surface area contributed by atoms with E-state index >= 15 is 0 Å². The molecule has 22 heavy (non-hydrogen) atoms. The summed E-state index contributed by atoms with van der Waals surface area (Å²) in [4.78, 5) is 2.35. The molecule has 1 N–H and O–H groups in total. The van der Waals surface area contributed by atoms with Gasteiger partial charge in [-0.05, 0) is 44.5 Å². The number of hydrogen-bond donors (Lipinski definition) is 1. The summed E-state index contributed by atoms with van der Waals surface area (Å²) in [5.41, 5.74) is 0.809. The molecule has 0 spiro atoms. The number of ether oxygens (including phenoxy) is 1. The van der Waals surface area contributed by atoms with Crippen molar-refractivity contribution in [3.8, 4) is 0 Å². The van der Waals surface area contributed by atoms with E-state index in [1.54, 1.807) is 19.2 Å². The molecule has 128 valence electrons. The Hall–Kier alpha value is -0.390. The van der Waals surface area contributed by atoms with E-state index in [1.807, 2.05) is 12.1 Å². The molecule has 0 atom stereocenters. The fourth-order valence-corrected chi connectivity index (χ4v) is 2.70. The molecular formula is C16H27Cl2FN2O. The lowest BCUT2D eigenvalue weighted by Crippen LogP contribution is -2.37. The Morgan fingerprint density at radius 1 is 1.23 bits per heavy atom. The van der Waals surface area contributed by atoms with Crippen LogP contribution in [0.3, 0.4) is 0 Å². The van der Waals surface area contributed by atoms with Crippen LogP contribution >= 0.6 is 24.8 Å². The standard InChI is InChI=1S/C16H25FN2O.2ClH/c1-20-11-8-18-12-14-6-9-19(10-7-14)13-15-4-2-3-5-16(15)17;;/h2-5,14,18H,6-13H2,1H3;2*1H. The summed E-state index contributed by atoms with van der Waals surface area (Å²) in [5.74, 6) is 0.652. The minimum Gasteiger partial charge on any atom is -0.383 e. The van der Waals surface area contributed by atoms with Crippen LogP contribution in [-0.4, -0.2) is 44.8 Å². The van der Waals surface area contributed by atoms with Crippen molar-refractivity contribution in [1.82, 2.24) is 10.2 Å². The van der Waals surface area contributed by atoms with Crippen molar-refractivity contribution in [3.63, 3.8) is 0 Å². The number of piperidine rings is 1. The second kappa shape index (κ2) is 12.1. The first-order chi connectivity index (χ1) is 9.79.